The van der Waals surface area contributed by atoms with Crippen LogP contribution < -0.4 is 5.63 Å². The quantitative estimate of drug-likeness (QED) is 0.586. The smallest absolute Gasteiger partial charge is 0.336 e. The maximum absolute atomic E-state index is 11.1. The number of phenols is 1. The number of furan rings is 1. The first-order valence-corrected chi connectivity index (χ1v) is 4.81. The number of aryl methyl sites for hydroxylation is 1. The first kappa shape index (κ1) is 9.03. The van der Waals surface area contributed by atoms with Crippen molar-refractivity contribution >= 4 is 21.9 Å². The molecule has 0 saturated carbocycles. The van der Waals surface area contributed by atoms with E-state index in [0.29, 0.717) is 16.7 Å². The highest BCUT2D eigenvalue weighted by Crippen LogP contribution is 2.34. The van der Waals surface area contributed by atoms with Crippen LogP contribution in [0, 0.1) is 6.92 Å². The molecule has 0 amide bonds. The summed E-state index contributed by atoms with van der Waals surface area (Å²) in [5.74, 6) is 0.571. The summed E-state index contributed by atoms with van der Waals surface area (Å²) >= 11 is 0. The SMILES string of the molecule is Cc1cc2cc3ccc(=O)oc3c(O)c2o1. The molecule has 0 aliphatic rings. The third-order valence-electron chi connectivity index (χ3n) is 2.49. The van der Waals surface area contributed by atoms with E-state index in [-0.39, 0.29) is 11.3 Å². The van der Waals surface area contributed by atoms with Crippen LogP contribution in [0.15, 0.2) is 37.9 Å². The number of benzene rings is 1. The van der Waals surface area contributed by atoms with Gasteiger partial charge in [-0.1, -0.05) is 0 Å². The fourth-order valence-electron chi connectivity index (χ4n) is 1.82. The summed E-state index contributed by atoms with van der Waals surface area (Å²) in [6, 6.07) is 6.56. The van der Waals surface area contributed by atoms with Crippen molar-refractivity contribution in [3.8, 4) is 5.75 Å². The van der Waals surface area contributed by atoms with Crippen LogP contribution >= 0.6 is 0 Å². The Morgan fingerprint density at radius 1 is 1.06 bits per heavy atom. The molecule has 4 nitrogen and oxygen atoms in total. The molecule has 1 N–H and O–H groups in total. The van der Waals surface area contributed by atoms with E-state index < -0.39 is 5.63 Å². The fourth-order valence-corrected chi connectivity index (χ4v) is 1.82. The zero-order chi connectivity index (χ0) is 11.3. The predicted molar refractivity (Wildman–Crippen MR) is 58.7 cm³/mol. The van der Waals surface area contributed by atoms with Gasteiger partial charge in [-0.2, -0.15) is 0 Å². The van der Waals surface area contributed by atoms with Crippen LogP contribution in [-0.2, 0) is 0 Å². The average molecular weight is 216 g/mol. The molecular formula is C12H8O4. The van der Waals surface area contributed by atoms with Crippen molar-refractivity contribution in [2.75, 3.05) is 0 Å². The van der Waals surface area contributed by atoms with E-state index in [1.54, 1.807) is 13.0 Å². The van der Waals surface area contributed by atoms with Gasteiger partial charge in [0.05, 0.1) is 0 Å². The second kappa shape index (κ2) is 2.88. The van der Waals surface area contributed by atoms with Gasteiger partial charge in [-0.15, -0.1) is 0 Å². The number of hydrogen-bond acceptors (Lipinski definition) is 4. The van der Waals surface area contributed by atoms with Crippen molar-refractivity contribution in [1.29, 1.82) is 0 Å². The summed E-state index contributed by atoms with van der Waals surface area (Å²) in [5.41, 5.74) is 0.0131. The number of phenolic OH excluding ortho intramolecular Hbond substituents is 1. The van der Waals surface area contributed by atoms with Crippen LogP contribution in [0.25, 0.3) is 21.9 Å². The first-order valence-electron chi connectivity index (χ1n) is 4.81. The Balaban J connectivity index is 2.60. The fraction of sp³-hybridized carbons (Fsp3) is 0.0833. The summed E-state index contributed by atoms with van der Waals surface area (Å²) in [5, 5.41) is 11.4. The molecule has 0 fully saturated rings. The number of rotatable bonds is 0. The van der Waals surface area contributed by atoms with E-state index in [4.69, 9.17) is 8.83 Å². The van der Waals surface area contributed by atoms with Gasteiger partial charge in [0.1, 0.15) is 5.76 Å². The molecular weight excluding hydrogens is 208 g/mol. The molecule has 0 bridgehead atoms. The Morgan fingerprint density at radius 3 is 2.62 bits per heavy atom. The van der Waals surface area contributed by atoms with Gasteiger partial charge < -0.3 is 13.9 Å². The topological polar surface area (TPSA) is 63.6 Å². The van der Waals surface area contributed by atoms with Crippen LogP contribution in [-0.4, -0.2) is 5.11 Å². The largest absolute Gasteiger partial charge is 0.502 e. The van der Waals surface area contributed by atoms with Gasteiger partial charge in [0.25, 0.3) is 0 Å². The lowest BCUT2D eigenvalue weighted by atomic mass is 10.1. The van der Waals surface area contributed by atoms with E-state index in [9.17, 15) is 9.90 Å². The van der Waals surface area contributed by atoms with Gasteiger partial charge in [0, 0.05) is 16.8 Å². The standard InChI is InChI=1S/C12H8O4/c1-6-4-8-5-7-2-3-9(13)16-11(7)10(14)12(8)15-6/h2-5,14H,1H3. The van der Waals surface area contributed by atoms with E-state index in [1.165, 1.54) is 6.07 Å². The third kappa shape index (κ3) is 1.13. The molecule has 2 heterocycles. The minimum atomic E-state index is -0.495. The summed E-state index contributed by atoms with van der Waals surface area (Å²) in [6.07, 6.45) is 0. The molecule has 0 atom stereocenters. The zero-order valence-electron chi connectivity index (χ0n) is 8.48. The van der Waals surface area contributed by atoms with E-state index >= 15 is 0 Å². The van der Waals surface area contributed by atoms with Crippen molar-refractivity contribution in [2.24, 2.45) is 0 Å². The second-order valence-corrected chi connectivity index (χ2v) is 3.67. The molecule has 0 unspecified atom stereocenters. The third-order valence-corrected chi connectivity index (χ3v) is 2.49. The van der Waals surface area contributed by atoms with E-state index in [2.05, 4.69) is 0 Å². The lowest BCUT2D eigenvalue weighted by molar-refractivity contribution is 0.447. The highest BCUT2D eigenvalue weighted by Gasteiger charge is 2.12. The second-order valence-electron chi connectivity index (χ2n) is 3.67. The van der Waals surface area contributed by atoms with Crippen molar-refractivity contribution in [3.63, 3.8) is 0 Å². The van der Waals surface area contributed by atoms with Crippen LogP contribution in [0.3, 0.4) is 0 Å². The predicted octanol–water partition coefficient (Wildman–Crippen LogP) is 2.55. The molecule has 0 saturated heterocycles. The molecule has 3 rings (SSSR count). The Morgan fingerprint density at radius 2 is 1.81 bits per heavy atom. The summed E-state index contributed by atoms with van der Waals surface area (Å²) in [7, 11) is 0. The maximum Gasteiger partial charge on any atom is 0.336 e. The molecule has 4 heteroatoms. The van der Waals surface area contributed by atoms with E-state index in [1.807, 2.05) is 12.1 Å². The highest BCUT2D eigenvalue weighted by molar-refractivity contribution is 5.99. The molecule has 80 valence electrons. The number of hydrogen-bond donors (Lipinski definition) is 1. The molecule has 0 radical (unpaired) electrons. The van der Waals surface area contributed by atoms with Crippen molar-refractivity contribution < 1.29 is 13.9 Å². The van der Waals surface area contributed by atoms with Gasteiger partial charge in [-0.3, -0.25) is 0 Å². The van der Waals surface area contributed by atoms with Gasteiger partial charge in [-0.05, 0) is 25.1 Å². The highest BCUT2D eigenvalue weighted by atomic mass is 16.4. The molecule has 16 heavy (non-hydrogen) atoms. The molecule has 3 aromatic rings. The van der Waals surface area contributed by atoms with Crippen LogP contribution in [0.4, 0.5) is 0 Å². The zero-order valence-corrected chi connectivity index (χ0v) is 8.48. The molecule has 1 aromatic carbocycles. The minimum Gasteiger partial charge on any atom is -0.502 e. The summed E-state index contributed by atoms with van der Waals surface area (Å²) in [6.45, 7) is 1.79. The van der Waals surface area contributed by atoms with Crippen molar-refractivity contribution in [2.45, 2.75) is 6.92 Å². The molecule has 0 aliphatic heterocycles. The van der Waals surface area contributed by atoms with Gasteiger partial charge in [0.15, 0.2) is 11.2 Å². The Hall–Kier alpha value is -2.23. The van der Waals surface area contributed by atoms with Crippen molar-refractivity contribution in [1.82, 2.24) is 0 Å². The van der Waals surface area contributed by atoms with Crippen LogP contribution in [0.5, 0.6) is 5.75 Å². The van der Waals surface area contributed by atoms with Crippen LogP contribution in [0.1, 0.15) is 5.76 Å². The van der Waals surface area contributed by atoms with Crippen molar-refractivity contribution in [3.05, 3.63) is 40.4 Å². The van der Waals surface area contributed by atoms with Gasteiger partial charge in [-0.25, -0.2) is 4.79 Å². The maximum atomic E-state index is 11.1. The van der Waals surface area contributed by atoms with Gasteiger partial charge in [0.2, 0.25) is 5.75 Å². The number of aromatic hydroxyl groups is 1. The molecule has 0 spiro atoms. The Bertz CT molecular complexity index is 749. The lowest BCUT2D eigenvalue weighted by Gasteiger charge is -1.99. The first-order chi connectivity index (χ1) is 7.65. The summed E-state index contributed by atoms with van der Waals surface area (Å²) < 4.78 is 10.3. The average Bonchev–Trinajstić information content (AvgIpc) is 2.61. The number of fused-ring (bicyclic) bond motifs is 2. The van der Waals surface area contributed by atoms with E-state index in [0.717, 1.165) is 5.39 Å². The van der Waals surface area contributed by atoms with Gasteiger partial charge >= 0.3 is 5.63 Å². The Labute approximate surface area is 89.7 Å². The summed E-state index contributed by atoms with van der Waals surface area (Å²) in [4.78, 5) is 11.1. The molecule has 2 aromatic heterocycles. The minimum absolute atomic E-state index is 0.127. The monoisotopic (exact) mass is 216 g/mol. The normalized spacial score (nSPS) is 11.3. The molecule has 0 aliphatic carbocycles. The Kier molecular flexibility index (Phi) is 1.63. The lowest BCUT2D eigenvalue weighted by Crippen LogP contribution is -1.94. The van der Waals surface area contributed by atoms with Crippen LogP contribution in [0.2, 0.25) is 0 Å².